The summed E-state index contributed by atoms with van der Waals surface area (Å²) >= 11 is 0. The van der Waals surface area contributed by atoms with Gasteiger partial charge < -0.3 is 15.2 Å². The number of carbonyl (C=O) groups is 1. The highest BCUT2D eigenvalue weighted by Gasteiger charge is 2.20. The second-order valence-electron chi connectivity index (χ2n) is 4.90. The fourth-order valence-electron chi connectivity index (χ4n) is 1.66. The van der Waals surface area contributed by atoms with E-state index in [0.29, 0.717) is 13.2 Å². The fraction of sp³-hybridized carbons (Fsp3) is 0.500. The van der Waals surface area contributed by atoms with E-state index < -0.39 is 5.60 Å². The standard InChI is InChI=1S/C14H21NO3/c1-5-18-14(3,4)9-15-13(17)11-7-6-10(2)8-12(11)16/h6-8,16H,5,9H2,1-4H3,(H,15,17). The summed E-state index contributed by atoms with van der Waals surface area (Å²) in [6, 6.07) is 4.98. The lowest BCUT2D eigenvalue weighted by Gasteiger charge is -2.24. The average Bonchev–Trinajstić information content (AvgIpc) is 2.26. The molecule has 0 aliphatic heterocycles. The van der Waals surface area contributed by atoms with Crippen molar-refractivity contribution in [3.63, 3.8) is 0 Å². The third-order valence-corrected chi connectivity index (χ3v) is 2.61. The summed E-state index contributed by atoms with van der Waals surface area (Å²) in [5.74, 6) is -0.290. The highest BCUT2D eigenvalue weighted by molar-refractivity contribution is 5.96. The molecule has 4 nitrogen and oxygen atoms in total. The van der Waals surface area contributed by atoms with Crippen molar-refractivity contribution in [2.75, 3.05) is 13.2 Å². The summed E-state index contributed by atoms with van der Waals surface area (Å²) in [6.45, 7) is 8.58. The second kappa shape index (κ2) is 5.87. The van der Waals surface area contributed by atoms with Crippen LogP contribution in [0.5, 0.6) is 5.75 Å². The molecule has 0 unspecified atom stereocenters. The van der Waals surface area contributed by atoms with E-state index >= 15 is 0 Å². The van der Waals surface area contributed by atoms with Crippen molar-refractivity contribution in [3.8, 4) is 5.75 Å². The Morgan fingerprint density at radius 1 is 1.44 bits per heavy atom. The number of rotatable bonds is 5. The number of amides is 1. The Kier molecular flexibility index (Phi) is 4.73. The number of hydrogen-bond donors (Lipinski definition) is 2. The maximum atomic E-state index is 11.9. The van der Waals surface area contributed by atoms with Crippen molar-refractivity contribution in [1.29, 1.82) is 0 Å². The summed E-state index contributed by atoms with van der Waals surface area (Å²) in [5.41, 5.74) is 0.789. The van der Waals surface area contributed by atoms with E-state index in [4.69, 9.17) is 4.74 Å². The van der Waals surface area contributed by atoms with Gasteiger partial charge in [0, 0.05) is 13.2 Å². The molecule has 2 N–H and O–H groups in total. The van der Waals surface area contributed by atoms with Crippen molar-refractivity contribution in [1.82, 2.24) is 5.32 Å². The summed E-state index contributed by atoms with van der Waals surface area (Å²) in [4.78, 5) is 11.9. The molecule has 1 aromatic rings. The quantitative estimate of drug-likeness (QED) is 0.843. The van der Waals surface area contributed by atoms with Gasteiger partial charge in [-0.25, -0.2) is 0 Å². The molecule has 0 heterocycles. The lowest BCUT2D eigenvalue weighted by molar-refractivity contribution is -0.00817. The van der Waals surface area contributed by atoms with E-state index in [-0.39, 0.29) is 17.2 Å². The molecule has 0 fully saturated rings. The molecule has 0 saturated carbocycles. The van der Waals surface area contributed by atoms with E-state index in [0.717, 1.165) is 5.56 Å². The van der Waals surface area contributed by atoms with Crippen LogP contribution in [-0.2, 0) is 4.74 Å². The maximum absolute atomic E-state index is 11.9. The zero-order valence-corrected chi connectivity index (χ0v) is 11.4. The Hall–Kier alpha value is -1.55. The number of nitrogens with one attached hydrogen (secondary N) is 1. The topological polar surface area (TPSA) is 58.6 Å². The summed E-state index contributed by atoms with van der Waals surface area (Å²) in [6.07, 6.45) is 0. The third-order valence-electron chi connectivity index (χ3n) is 2.61. The molecule has 1 rings (SSSR count). The smallest absolute Gasteiger partial charge is 0.255 e. The monoisotopic (exact) mass is 251 g/mol. The molecule has 100 valence electrons. The van der Waals surface area contributed by atoms with Gasteiger partial charge in [-0.3, -0.25) is 4.79 Å². The van der Waals surface area contributed by atoms with E-state index in [1.54, 1.807) is 18.2 Å². The van der Waals surface area contributed by atoms with Gasteiger partial charge in [0.15, 0.2) is 0 Å². The van der Waals surface area contributed by atoms with Crippen molar-refractivity contribution in [2.45, 2.75) is 33.3 Å². The normalized spacial score (nSPS) is 11.3. The number of aryl methyl sites for hydroxylation is 1. The van der Waals surface area contributed by atoms with Gasteiger partial charge in [-0.2, -0.15) is 0 Å². The molecule has 0 aromatic heterocycles. The van der Waals surface area contributed by atoms with Crippen molar-refractivity contribution in [3.05, 3.63) is 29.3 Å². The molecule has 0 spiro atoms. The Morgan fingerprint density at radius 2 is 2.11 bits per heavy atom. The SMILES string of the molecule is CCOC(C)(C)CNC(=O)c1ccc(C)cc1O. The van der Waals surface area contributed by atoms with E-state index in [1.807, 2.05) is 27.7 Å². The van der Waals surface area contributed by atoms with E-state index in [2.05, 4.69) is 5.32 Å². The Labute approximate surface area is 108 Å². The largest absolute Gasteiger partial charge is 0.507 e. The van der Waals surface area contributed by atoms with E-state index in [9.17, 15) is 9.90 Å². The number of hydrogen-bond acceptors (Lipinski definition) is 3. The summed E-state index contributed by atoms with van der Waals surface area (Å²) in [7, 11) is 0. The average molecular weight is 251 g/mol. The summed E-state index contributed by atoms with van der Waals surface area (Å²) in [5, 5.41) is 12.5. The first kappa shape index (κ1) is 14.5. The van der Waals surface area contributed by atoms with Crippen LogP contribution in [0.3, 0.4) is 0 Å². The fourth-order valence-corrected chi connectivity index (χ4v) is 1.66. The number of carbonyl (C=O) groups excluding carboxylic acids is 1. The molecule has 4 heteroatoms. The Morgan fingerprint density at radius 3 is 2.67 bits per heavy atom. The van der Waals surface area contributed by atoms with Crippen molar-refractivity contribution >= 4 is 5.91 Å². The zero-order chi connectivity index (χ0) is 13.8. The Bertz CT molecular complexity index is 427. The van der Waals surface area contributed by atoms with Gasteiger partial charge in [-0.1, -0.05) is 6.07 Å². The molecular weight excluding hydrogens is 230 g/mol. The highest BCUT2D eigenvalue weighted by atomic mass is 16.5. The molecule has 0 radical (unpaired) electrons. The van der Waals surface area contributed by atoms with Crippen LogP contribution in [0.15, 0.2) is 18.2 Å². The van der Waals surface area contributed by atoms with Crippen molar-refractivity contribution in [2.24, 2.45) is 0 Å². The number of ether oxygens (including phenoxy) is 1. The van der Waals surface area contributed by atoms with Crippen LogP contribution in [0.25, 0.3) is 0 Å². The van der Waals surface area contributed by atoms with Crippen molar-refractivity contribution < 1.29 is 14.6 Å². The van der Waals surface area contributed by atoms with Gasteiger partial charge in [0.1, 0.15) is 5.75 Å². The molecule has 0 bridgehead atoms. The molecule has 0 aliphatic rings. The lowest BCUT2D eigenvalue weighted by Crippen LogP contribution is -2.40. The first-order chi connectivity index (χ1) is 8.35. The van der Waals surface area contributed by atoms with E-state index in [1.165, 1.54) is 0 Å². The predicted octanol–water partition coefficient (Wildman–Crippen LogP) is 2.25. The Balaban J connectivity index is 2.66. The van der Waals surface area contributed by atoms with Crippen LogP contribution in [0.2, 0.25) is 0 Å². The van der Waals surface area contributed by atoms with Crippen LogP contribution in [0.4, 0.5) is 0 Å². The number of phenolic OH excluding ortho intramolecular Hbond substituents is 1. The lowest BCUT2D eigenvalue weighted by atomic mass is 10.1. The van der Waals surface area contributed by atoms with Gasteiger partial charge in [-0.05, 0) is 45.4 Å². The zero-order valence-electron chi connectivity index (χ0n) is 11.4. The van der Waals surface area contributed by atoms with Crippen LogP contribution < -0.4 is 5.32 Å². The highest BCUT2D eigenvalue weighted by Crippen LogP contribution is 2.18. The molecule has 1 amide bonds. The van der Waals surface area contributed by atoms with Crippen LogP contribution in [0.1, 0.15) is 36.7 Å². The van der Waals surface area contributed by atoms with Crippen LogP contribution in [-0.4, -0.2) is 29.8 Å². The van der Waals surface area contributed by atoms with Crippen LogP contribution in [0, 0.1) is 6.92 Å². The molecule has 0 atom stereocenters. The number of phenols is 1. The predicted molar refractivity (Wildman–Crippen MR) is 70.9 cm³/mol. The first-order valence-corrected chi connectivity index (χ1v) is 6.07. The molecule has 0 aliphatic carbocycles. The van der Waals surface area contributed by atoms with Gasteiger partial charge in [-0.15, -0.1) is 0 Å². The van der Waals surface area contributed by atoms with Gasteiger partial charge in [0.25, 0.3) is 5.91 Å². The second-order valence-corrected chi connectivity index (χ2v) is 4.90. The molecule has 1 aromatic carbocycles. The minimum Gasteiger partial charge on any atom is -0.507 e. The minimum atomic E-state index is -0.412. The maximum Gasteiger partial charge on any atom is 0.255 e. The number of aromatic hydroxyl groups is 1. The minimum absolute atomic E-state index is 0.00159. The van der Waals surface area contributed by atoms with Gasteiger partial charge in [0.2, 0.25) is 0 Å². The van der Waals surface area contributed by atoms with Crippen LogP contribution >= 0.6 is 0 Å². The molecule has 18 heavy (non-hydrogen) atoms. The molecule has 0 saturated heterocycles. The first-order valence-electron chi connectivity index (χ1n) is 6.07. The number of benzene rings is 1. The summed E-state index contributed by atoms with van der Waals surface area (Å²) < 4.78 is 5.49. The van der Waals surface area contributed by atoms with Gasteiger partial charge in [0.05, 0.1) is 11.2 Å². The molecular formula is C14H21NO3. The van der Waals surface area contributed by atoms with Gasteiger partial charge >= 0.3 is 0 Å². The third kappa shape index (κ3) is 4.04.